The van der Waals surface area contributed by atoms with Crippen LogP contribution >= 0.6 is 0 Å². The van der Waals surface area contributed by atoms with E-state index in [-0.39, 0.29) is 22.4 Å². The van der Waals surface area contributed by atoms with Crippen LogP contribution in [0.15, 0.2) is 36.4 Å². The summed E-state index contributed by atoms with van der Waals surface area (Å²) < 4.78 is 5.01. The predicted octanol–water partition coefficient (Wildman–Crippen LogP) is 2.46. The Bertz CT molecular complexity index is 776. The van der Waals surface area contributed by atoms with Crippen LogP contribution < -0.4 is 4.74 Å². The van der Waals surface area contributed by atoms with Gasteiger partial charge < -0.3 is 20.1 Å². The van der Waals surface area contributed by atoms with Crippen LogP contribution in [0.25, 0.3) is 11.1 Å². The second-order valence-electron chi connectivity index (χ2n) is 4.63. The quantitative estimate of drug-likeness (QED) is 0.774. The predicted molar refractivity (Wildman–Crippen MR) is 79.3 cm³/mol. The summed E-state index contributed by atoms with van der Waals surface area (Å²) in [6.07, 6.45) is 0. The molecule has 0 unspecified atom stereocenters. The molecule has 0 spiro atoms. The van der Waals surface area contributed by atoms with Crippen molar-refractivity contribution in [2.45, 2.75) is 0 Å². The van der Waals surface area contributed by atoms with Gasteiger partial charge in [-0.05, 0) is 41.5 Å². The highest BCUT2D eigenvalue weighted by atomic mass is 16.5. The third-order valence-corrected chi connectivity index (χ3v) is 3.19. The number of carboxylic acid groups (broad SMARTS) is 3. The molecule has 2 aromatic rings. The number of hydrogen-bond donors (Lipinski definition) is 3. The lowest BCUT2D eigenvalue weighted by atomic mass is 9.98. The van der Waals surface area contributed by atoms with Crippen molar-refractivity contribution in [1.82, 2.24) is 0 Å². The molecule has 0 fully saturated rings. The summed E-state index contributed by atoms with van der Waals surface area (Å²) in [6, 6.07) is 7.85. The first-order chi connectivity index (χ1) is 10.8. The lowest BCUT2D eigenvalue weighted by Gasteiger charge is -2.10. The highest BCUT2D eigenvalue weighted by molar-refractivity contribution is 5.97. The summed E-state index contributed by atoms with van der Waals surface area (Å²) in [6.45, 7) is 0. The molecule has 0 atom stereocenters. The van der Waals surface area contributed by atoms with Crippen LogP contribution in [-0.4, -0.2) is 40.3 Å². The number of ether oxygens (including phenoxy) is 1. The Labute approximate surface area is 130 Å². The molecule has 0 saturated heterocycles. The number of methoxy groups -OCH3 is 1. The molecule has 0 amide bonds. The van der Waals surface area contributed by atoms with Crippen LogP contribution in [0.1, 0.15) is 31.1 Å². The number of carboxylic acids is 3. The van der Waals surface area contributed by atoms with Crippen molar-refractivity contribution < 1.29 is 34.4 Å². The minimum absolute atomic E-state index is 0.0518. The maximum absolute atomic E-state index is 11.1. The van der Waals surface area contributed by atoms with Crippen molar-refractivity contribution in [2.75, 3.05) is 7.11 Å². The fraction of sp³-hybridized carbons (Fsp3) is 0.0625. The summed E-state index contributed by atoms with van der Waals surface area (Å²) in [5.41, 5.74) is 0.362. The zero-order chi connectivity index (χ0) is 17.1. The van der Waals surface area contributed by atoms with Gasteiger partial charge in [0, 0.05) is 0 Å². The average molecular weight is 316 g/mol. The zero-order valence-electron chi connectivity index (χ0n) is 11.9. The van der Waals surface area contributed by atoms with Gasteiger partial charge in [-0.2, -0.15) is 0 Å². The molecule has 0 saturated carbocycles. The molecule has 0 radical (unpaired) electrons. The molecule has 0 aromatic heterocycles. The Morgan fingerprint density at radius 1 is 0.783 bits per heavy atom. The third kappa shape index (κ3) is 3.29. The van der Waals surface area contributed by atoms with Gasteiger partial charge in [-0.1, -0.05) is 6.07 Å². The van der Waals surface area contributed by atoms with E-state index in [4.69, 9.17) is 20.1 Å². The summed E-state index contributed by atoms with van der Waals surface area (Å²) in [7, 11) is 1.31. The van der Waals surface area contributed by atoms with Crippen molar-refractivity contribution in [3.8, 4) is 16.9 Å². The highest BCUT2D eigenvalue weighted by Gasteiger charge is 2.15. The molecular weight excluding hydrogens is 304 g/mol. The minimum atomic E-state index is -1.26. The Morgan fingerprint density at radius 2 is 1.35 bits per heavy atom. The van der Waals surface area contributed by atoms with E-state index in [1.165, 1.54) is 37.4 Å². The molecule has 7 nitrogen and oxygen atoms in total. The minimum Gasteiger partial charge on any atom is -0.496 e. The Kier molecular flexibility index (Phi) is 4.31. The molecule has 0 bridgehead atoms. The monoisotopic (exact) mass is 316 g/mol. The van der Waals surface area contributed by atoms with Gasteiger partial charge in [0.2, 0.25) is 0 Å². The van der Waals surface area contributed by atoms with E-state index in [1.54, 1.807) is 0 Å². The van der Waals surface area contributed by atoms with Crippen molar-refractivity contribution in [3.63, 3.8) is 0 Å². The molecule has 0 heterocycles. The first-order valence-corrected chi connectivity index (χ1v) is 6.37. The Hall–Kier alpha value is -3.35. The van der Waals surface area contributed by atoms with Crippen molar-refractivity contribution >= 4 is 17.9 Å². The van der Waals surface area contributed by atoms with Gasteiger partial charge in [0.15, 0.2) is 0 Å². The van der Waals surface area contributed by atoms with Gasteiger partial charge in [0.1, 0.15) is 11.3 Å². The lowest BCUT2D eigenvalue weighted by molar-refractivity contribution is 0.0680. The number of benzene rings is 2. The van der Waals surface area contributed by atoms with E-state index < -0.39 is 17.9 Å². The fourth-order valence-corrected chi connectivity index (χ4v) is 2.09. The molecule has 118 valence electrons. The average Bonchev–Trinajstić information content (AvgIpc) is 2.53. The molecule has 7 heteroatoms. The highest BCUT2D eigenvalue weighted by Crippen LogP contribution is 2.29. The van der Waals surface area contributed by atoms with Gasteiger partial charge >= 0.3 is 17.9 Å². The molecule has 0 aliphatic heterocycles. The smallest absolute Gasteiger partial charge is 0.339 e. The Balaban J connectivity index is 2.63. The molecule has 2 aromatic carbocycles. The van der Waals surface area contributed by atoms with Gasteiger partial charge in [-0.3, -0.25) is 0 Å². The summed E-state index contributed by atoms with van der Waals surface area (Å²) in [5, 5.41) is 27.2. The molecule has 3 N–H and O–H groups in total. The van der Waals surface area contributed by atoms with E-state index in [1.807, 2.05) is 0 Å². The molecule has 2 rings (SSSR count). The van der Waals surface area contributed by atoms with Crippen LogP contribution in [0.4, 0.5) is 0 Å². The second-order valence-corrected chi connectivity index (χ2v) is 4.63. The van der Waals surface area contributed by atoms with Crippen LogP contribution in [0, 0.1) is 0 Å². The van der Waals surface area contributed by atoms with Gasteiger partial charge in [0.25, 0.3) is 0 Å². The lowest BCUT2D eigenvalue weighted by Crippen LogP contribution is -2.03. The van der Waals surface area contributed by atoms with E-state index in [2.05, 4.69) is 0 Å². The molecule has 0 aliphatic rings. The van der Waals surface area contributed by atoms with Crippen LogP contribution in [-0.2, 0) is 0 Å². The van der Waals surface area contributed by atoms with Crippen molar-refractivity contribution in [2.24, 2.45) is 0 Å². The summed E-state index contributed by atoms with van der Waals surface area (Å²) in [5.74, 6) is -3.60. The topological polar surface area (TPSA) is 121 Å². The maximum atomic E-state index is 11.1. The Morgan fingerprint density at radius 3 is 1.78 bits per heavy atom. The second kappa shape index (κ2) is 6.18. The standard InChI is InChI=1S/C16H12O7/c1-23-13-7-8(2-3-12(13)16(21)22)9-4-10(14(17)18)6-11(5-9)15(19)20/h2-7H,1H3,(H,17,18)(H,19,20)(H,21,22). The van der Waals surface area contributed by atoms with Crippen LogP contribution in [0.3, 0.4) is 0 Å². The first-order valence-electron chi connectivity index (χ1n) is 6.37. The van der Waals surface area contributed by atoms with Gasteiger partial charge in [0.05, 0.1) is 18.2 Å². The number of rotatable bonds is 5. The van der Waals surface area contributed by atoms with Gasteiger partial charge in [-0.15, -0.1) is 0 Å². The van der Waals surface area contributed by atoms with E-state index >= 15 is 0 Å². The van der Waals surface area contributed by atoms with Crippen molar-refractivity contribution in [3.05, 3.63) is 53.1 Å². The SMILES string of the molecule is COc1cc(-c2cc(C(=O)O)cc(C(=O)O)c2)ccc1C(=O)O. The van der Waals surface area contributed by atoms with Crippen LogP contribution in [0.2, 0.25) is 0 Å². The number of carbonyl (C=O) groups is 3. The summed E-state index contributed by atoms with van der Waals surface area (Å²) >= 11 is 0. The van der Waals surface area contributed by atoms with E-state index in [0.717, 1.165) is 6.07 Å². The van der Waals surface area contributed by atoms with E-state index in [9.17, 15) is 14.4 Å². The third-order valence-electron chi connectivity index (χ3n) is 3.19. The van der Waals surface area contributed by atoms with E-state index in [0.29, 0.717) is 11.1 Å². The zero-order valence-corrected chi connectivity index (χ0v) is 11.9. The summed E-state index contributed by atoms with van der Waals surface area (Å²) in [4.78, 5) is 33.3. The normalized spacial score (nSPS) is 10.1. The molecule has 23 heavy (non-hydrogen) atoms. The number of hydrogen-bond acceptors (Lipinski definition) is 4. The maximum Gasteiger partial charge on any atom is 0.339 e. The number of aromatic carboxylic acids is 3. The van der Waals surface area contributed by atoms with Crippen LogP contribution in [0.5, 0.6) is 5.75 Å². The van der Waals surface area contributed by atoms with Gasteiger partial charge in [-0.25, -0.2) is 14.4 Å². The molecule has 0 aliphatic carbocycles. The van der Waals surface area contributed by atoms with Crippen molar-refractivity contribution in [1.29, 1.82) is 0 Å². The molecular formula is C16H12O7. The fourth-order valence-electron chi connectivity index (χ4n) is 2.09. The first kappa shape index (κ1) is 16.0. The largest absolute Gasteiger partial charge is 0.496 e.